The zero-order chi connectivity index (χ0) is 24.1. The lowest BCUT2D eigenvalue weighted by Crippen LogP contribution is -2.22. The Kier molecular flexibility index (Phi) is 6.77. The van der Waals surface area contributed by atoms with Gasteiger partial charge in [0.2, 0.25) is 5.43 Å². The molecule has 2 aromatic carbocycles. The van der Waals surface area contributed by atoms with Crippen LogP contribution in [0.1, 0.15) is 28.5 Å². The maximum Gasteiger partial charge on any atom is 0.253 e. The van der Waals surface area contributed by atoms with Gasteiger partial charge >= 0.3 is 0 Å². The van der Waals surface area contributed by atoms with E-state index in [-0.39, 0.29) is 11.3 Å². The smallest absolute Gasteiger partial charge is 0.253 e. The molecule has 2 aromatic heterocycles. The maximum absolute atomic E-state index is 12.6. The van der Waals surface area contributed by atoms with Crippen molar-refractivity contribution in [3.05, 3.63) is 100 Å². The highest BCUT2D eigenvalue weighted by atomic mass is 16.5. The highest BCUT2D eigenvalue weighted by molar-refractivity contribution is 5.94. The molecule has 0 atom stereocenters. The zero-order valence-corrected chi connectivity index (χ0v) is 19.3. The highest BCUT2D eigenvalue weighted by Gasteiger charge is 2.11. The minimum atomic E-state index is -0.153. The summed E-state index contributed by atoms with van der Waals surface area (Å²) in [4.78, 5) is 35.1. The first-order valence-corrected chi connectivity index (χ1v) is 10.9. The van der Waals surface area contributed by atoms with Gasteiger partial charge in [0.15, 0.2) is 11.6 Å². The molecule has 172 valence electrons. The fourth-order valence-electron chi connectivity index (χ4n) is 3.47. The number of carbonyl (C=O) groups is 1. The van der Waals surface area contributed by atoms with Crippen molar-refractivity contribution < 1.29 is 9.53 Å². The van der Waals surface area contributed by atoms with E-state index in [0.29, 0.717) is 41.5 Å². The first-order valence-electron chi connectivity index (χ1n) is 10.9. The van der Waals surface area contributed by atoms with Gasteiger partial charge in [0.25, 0.3) is 5.91 Å². The minimum Gasteiger partial charge on any atom is -0.491 e. The van der Waals surface area contributed by atoms with E-state index in [1.54, 1.807) is 55.6 Å². The van der Waals surface area contributed by atoms with Crippen LogP contribution < -0.4 is 10.2 Å². The van der Waals surface area contributed by atoms with E-state index in [1.165, 1.54) is 11.0 Å². The van der Waals surface area contributed by atoms with Gasteiger partial charge in [0.05, 0.1) is 24.7 Å². The molecule has 34 heavy (non-hydrogen) atoms. The summed E-state index contributed by atoms with van der Waals surface area (Å²) in [5.41, 5.74) is 3.25. The molecule has 0 spiro atoms. The first kappa shape index (κ1) is 22.8. The van der Waals surface area contributed by atoms with Crippen molar-refractivity contribution in [2.24, 2.45) is 0 Å². The van der Waals surface area contributed by atoms with Crippen LogP contribution in [0.4, 0.5) is 0 Å². The molecule has 0 unspecified atom stereocenters. The lowest BCUT2D eigenvalue weighted by Gasteiger charge is -2.12. The lowest BCUT2D eigenvalue weighted by atomic mass is 10.1. The highest BCUT2D eigenvalue weighted by Crippen LogP contribution is 2.19. The predicted octanol–water partition coefficient (Wildman–Crippen LogP) is 3.38. The standard InChI is InChI=1S/C26H25N5O3/c1-4-34-22-16-27-25(28-17-22)19-8-5-7-18(13-19)14-23-24(32)11-12-31(29-23)21-10-6-9-20(15-21)26(33)30(2)3/h5-13,15-17H,4,14H2,1-3H3. The van der Waals surface area contributed by atoms with Crippen LogP contribution in [0.3, 0.4) is 0 Å². The minimum absolute atomic E-state index is 0.101. The van der Waals surface area contributed by atoms with Gasteiger partial charge in [0, 0.05) is 43.9 Å². The molecule has 0 fully saturated rings. The normalized spacial score (nSPS) is 10.7. The third-order valence-corrected chi connectivity index (χ3v) is 5.14. The molecule has 0 aliphatic heterocycles. The number of nitrogens with zero attached hydrogens (tertiary/aromatic N) is 5. The SMILES string of the molecule is CCOc1cnc(-c2cccc(Cc3nn(-c4cccc(C(=O)N(C)C)c4)ccc3=O)c2)nc1. The first-order chi connectivity index (χ1) is 16.4. The topological polar surface area (TPSA) is 90.2 Å². The average molecular weight is 456 g/mol. The number of amides is 1. The van der Waals surface area contributed by atoms with E-state index >= 15 is 0 Å². The van der Waals surface area contributed by atoms with E-state index in [0.717, 1.165) is 11.1 Å². The molecular weight excluding hydrogens is 430 g/mol. The molecule has 0 saturated carbocycles. The molecule has 1 amide bonds. The van der Waals surface area contributed by atoms with Gasteiger partial charge in [-0.25, -0.2) is 14.6 Å². The number of rotatable bonds is 7. The molecule has 0 radical (unpaired) electrons. The largest absolute Gasteiger partial charge is 0.491 e. The summed E-state index contributed by atoms with van der Waals surface area (Å²) < 4.78 is 7.01. The monoisotopic (exact) mass is 455 g/mol. The molecule has 2 heterocycles. The summed E-state index contributed by atoms with van der Waals surface area (Å²) in [5, 5.41) is 4.55. The van der Waals surface area contributed by atoms with Gasteiger partial charge in [-0.2, -0.15) is 5.10 Å². The van der Waals surface area contributed by atoms with Crippen LogP contribution >= 0.6 is 0 Å². The number of hydrogen-bond donors (Lipinski definition) is 0. The molecule has 0 saturated heterocycles. The molecule has 4 rings (SSSR count). The number of ether oxygens (including phenoxy) is 1. The number of aromatic nitrogens is 4. The Morgan fingerprint density at radius 1 is 1.03 bits per heavy atom. The summed E-state index contributed by atoms with van der Waals surface area (Å²) in [7, 11) is 3.41. The number of carbonyl (C=O) groups excluding carboxylic acids is 1. The third kappa shape index (κ3) is 5.17. The second kappa shape index (κ2) is 10.1. The van der Waals surface area contributed by atoms with E-state index in [1.807, 2.05) is 37.3 Å². The van der Waals surface area contributed by atoms with Gasteiger partial charge in [0.1, 0.15) is 5.69 Å². The van der Waals surface area contributed by atoms with Crippen molar-refractivity contribution in [3.63, 3.8) is 0 Å². The van der Waals surface area contributed by atoms with Crippen LogP contribution in [-0.4, -0.2) is 51.3 Å². The molecule has 8 nitrogen and oxygen atoms in total. The predicted molar refractivity (Wildman–Crippen MR) is 129 cm³/mol. The lowest BCUT2D eigenvalue weighted by molar-refractivity contribution is 0.0827. The Balaban J connectivity index is 1.60. The molecule has 0 bridgehead atoms. The van der Waals surface area contributed by atoms with E-state index < -0.39 is 0 Å². The summed E-state index contributed by atoms with van der Waals surface area (Å²) >= 11 is 0. The number of benzene rings is 2. The molecule has 8 heteroatoms. The van der Waals surface area contributed by atoms with E-state index in [2.05, 4.69) is 15.1 Å². The maximum atomic E-state index is 12.6. The second-order valence-electron chi connectivity index (χ2n) is 7.87. The van der Waals surface area contributed by atoms with Crippen molar-refractivity contribution in [1.29, 1.82) is 0 Å². The van der Waals surface area contributed by atoms with Crippen molar-refractivity contribution in [1.82, 2.24) is 24.6 Å². The fourth-order valence-corrected chi connectivity index (χ4v) is 3.47. The summed E-state index contributed by atoms with van der Waals surface area (Å²) in [5.74, 6) is 1.09. The Morgan fingerprint density at radius 3 is 2.53 bits per heavy atom. The van der Waals surface area contributed by atoms with E-state index in [4.69, 9.17) is 4.74 Å². The van der Waals surface area contributed by atoms with Crippen LogP contribution in [-0.2, 0) is 6.42 Å². The van der Waals surface area contributed by atoms with Crippen molar-refractivity contribution in [2.75, 3.05) is 20.7 Å². The summed E-state index contributed by atoms with van der Waals surface area (Å²) in [6.07, 6.45) is 5.24. The Labute approximate surface area is 197 Å². The summed E-state index contributed by atoms with van der Waals surface area (Å²) in [6.45, 7) is 2.46. The Bertz CT molecular complexity index is 1360. The Morgan fingerprint density at radius 2 is 1.79 bits per heavy atom. The van der Waals surface area contributed by atoms with Gasteiger partial charge in [-0.3, -0.25) is 9.59 Å². The van der Waals surface area contributed by atoms with Gasteiger partial charge in [-0.05, 0) is 36.8 Å². The quantitative estimate of drug-likeness (QED) is 0.424. The van der Waals surface area contributed by atoms with Gasteiger partial charge in [-0.1, -0.05) is 24.3 Å². The van der Waals surface area contributed by atoms with Crippen LogP contribution in [0, 0.1) is 0 Å². The molecule has 4 aromatic rings. The van der Waals surface area contributed by atoms with Crippen LogP contribution in [0.25, 0.3) is 17.1 Å². The molecular formula is C26H25N5O3. The van der Waals surface area contributed by atoms with E-state index in [9.17, 15) is 9.59 Å². The van der Waals surface area contributed by atoms with Crippen molar-refractivity contribution in [2.45, 2.75) is 13.3 Å². The third-order valence-electron chi connectivity index (χ3n) is 5.14. The molecule has 0 N–H and O–H groups in total. The van der Waals surface area contributed by atoms with Crippen molar-refractivity contribution >= 4 is 5.91 Å². The zero-order valence-electron chi connectivity index (χ0n) is 19.3. The molecule has 0 aliphatic carbocycles. The van der Waals surface area contributed by atoms with Crippen LogP contribution in [0.2, 0.25) is 0 Å². The molecule has 0 aliphatic rings. The average Bonchev–Trinajstić information content (AvgIpc) is 2.86. The number of hydrogen-bond acceptors (Lipinski definition) is 6. The summed E-state index contributed by atoms with van der Waals surface area (Å²) in [6, 6.07) is 16.4. The fraction of sp³-hybridized carbons (Fsp3) is 0.192. The van der Waals surface area contributed by atoms with Crippen LogP contribution in [0.5, 0.6) is 5.75 Å². The van der Waals surface area contributed by atoms with Crippen LogP contribution in [0.15, 0.2) is 78.0 Å². The van der Waals surface area contributed by atoms with Gasteiger partial charge < -0.3 is 9.64 Å². The Hall–Kier alpha value is -4.33. The van der Waals surface area contributed by atoms with Crippen molar-refractivity contribution in [3.8, 4) is 22.8 Å². The second-order valence-corrected chi connectivity index (χ2v) is 7.87. The van der Waals surface area contributed by atoms with Gasteiger partial charge in [-0.15, -0.1) is 0 Å².